The number of hydrogen-bond acceptors (Lipinski definition) is 3. The summed E-state index contributed by atoms with van der Waals surface area (Å²) in [4.78, 5) is 0. The highest BCUT2D eigenvalue weighted by Gasteiger charge is 2.13. The van der Waals surface area contributed by atoms with E-state index in [0.717, 1.165) is 5.75 Å². The lowest BCUT2D eigenvalue weighted by Crippen LogP contribution is -2.41. The second-order valence-corrected chi connectivity index (χ2v) is 6.29. The van der Waals surface area contributed by atoms with Crippen molar-refractivity contribution >= 4 is 0 Å². The van der Waals surface area contributed by atoms with Crippen LogP contribution in [0.2, 0.25) is 0 Å². The van der Waals surface area contributed by atoms with Crippen LogP contribution in [0.15, 0.2) is 24.3 Å². The highest BCUT2D eigenvalue weighted by Crippen LogP contribution is 2.24. The van der Waals surface area contributed by atoms with Crippen LogP contribution < -0.4 is 10.1 Å². The van der Waals surface area contributed by atoms with Gasteiger partial charge < -0.3 is 15.2 Å². The lowest BCUT2D eigenvalue weighted by Gasteiger charge is -2.21. The van der Waals surface area contributed by atoms with Crippen molar-refractivity contribution in [2.75, 3.05) is 13.2 Å². The molecule has 0 aliphatic rings. The molecule has 3 nitrogen and oxygen atoms in total. The molecule has 0 saturated heterocycles. The first-order chi connectivity index (χ1) is 8.82. The number of benzene rings is 1. The maximum atomic E-state index is 9.26. The molecule has 1 unspecified atom stereocenters. The van der Waals surface area contributed by atoms with Crippen LogP contribution in [0.5, 0.6) is 5.75 Å². The quantitative estimate of drug-likeness (QED) is 0.831. The van der Waals surface area contributed by atoms with E-state index >= 15 is 0 Å². The SMILES string of the molecule is CC(C)NC(CO)COc1ccc(C(C)(C)C)cc1. The molecule has 0 saturated carbocycles. The first-order valence-electron chi connectivity index (χ1n) is 6.93. The number of aliphatic hydroxyl groups is 1. The lowest BCUT2D eigenvalue weighted by molar-refractivity contribution is 0.177. The summed E-state index contributed by atoms with van der Waals surface area (Å²) in [6, 6.07) is 8.49. The molecule has 0 fully saturated rings. The van der Waals surface area contributed by atoms with E-state index < -0.39 is 0 Å². The summed E-state index contributed by atoms with van der Waals surface area (Å²) in [5, 5.41) is 12.5. The molecule has 0 aliphatic heterocycles. The van der Waals surface area contributed by atoms with E-state index in [4.69, 9.17) is 4.74 Å². The van der Waals surface area contributed by atoms with Crippen molar-refractivity contribution in [3.8, 4) is 5.75 Å². The van der Waals surface area contributed by atoms with Gasteiger partial charge in [0.2, 0.25) is 0 Å². The molecule has 3 heteroatoms. The fourth-order valence-electron chi connectivity index (χ4n) is 1.87. The first-order valence-corrected chi connectivity index (χ1v) is 6.93. The number of nitrogens with one attached hydrogen (secondary N) is 1. The summed E-state index contributed by atoms with van der Waals surface area (Å²) in [7, 11) is 0. The van der Waals surface area contributed by atoms with Gasteiger partial charge >= 0.3 is 0 Å². The molecule has 0 aromatic heterocycles. The van der Waals surface area contributed by atoms with E-state index in [2.05, 4.69) is 52.1 Å². The monoisotopic (exact) mass is 265 g/mol. The molecule has 1 rings (SSSR count). The molecular weight excluding hydrogens is 238 g/mol. The van der Waals surface area contributed by atoms with Gasteiger partial charge in [0.05, 0.1) is 12.6 Å². The predicted molar refractivity (Wildman–Crippen MR) is 79.8 cm³/mol. The van der Waals surface area contributed by atoms with Crippen molar-refractivity contribution in [1.82, 2.24) is 5.32 Å². The Bertz CT molecular complexity index is 365. The highest BCUT2D eigenvalue weighted by atomic mass is 16.5. The molecule has 2 N–H and O–H groups in total. The van der Waals surface area contributed by atoms with Crippen LogP contribution in [0.3, 0.4) is 0 Å². The van der Waals surface area contributed by atoms with Crippen LogP contribution in [-0.2, 0) is 5.41 Å². The molecule has 0 bridgehead atoms. The summed E-state index contributed by atoms with van der Waals surface area (Å²) in [5.74, 6) is 0.844. The van der Waals surface area contributed by atoms with Crippen molar-refractivity contribution in [3.05, 3.63) is 29.8 Å². The Morgan fingerprint density at radius 3 is 2.16 bits per heavy atom. The molecule has 1 atom stereocenters. The smallest absolute Gasteiger partial charge is 0.119 e. The van der Waals surface area contributed by atoms with Crippen LogP contribution in [-0.4, -0.2) is 30.4 Å². The van der Waals surface area contributed by atoms with Gasteiger partial charge in [0.25, 0.3) is 0 Å². The Balaban J connectivity index is 2.54. The third kappa shape index (κ3) is 5.62. The van der Waals surface area contributed by atoms with Crippen LogP contribution in [0.1, 0.15) is 40.2 Å². The molecule has 1 aromatic carbocycles. The Hall–Kier alpha value is -1.06. The lowest BCUT2D eigenvalue weighted by atomic mass is 9.87. The zero-order valence-corrected chi connectivity index (χ0v) is 12.7. The molecule has 0 amide bonds. The summed E-state index contributed by atoms with van der Waals surface area (Å²) >= 11 is 0. The molecule has 0 radical (unpaired) electrons. The molecule has 0 heterocycles. The third-order valence-electron chi connectivity index (χ3n) is 2.96. The van der Waals surface area contributed by atoms with Crippen LogP contribution in [0, 0.1) is 0 Å². The topological polar surface area (TPSA) is 41.5 Å². The first kappa shape index (κ1) is 16.0. The minimum Gasteiger partial charge on any atom is -0.492 e. The van der Waals surface area contributed by atoms with Gasteiger partial charge in [-0.25, -0.2) is 0 Å². The second-order valence-electron chi connectivity index (χ2n) is 6.29. The van der Waals surface area contributed by atoms with E-state index in [-0.39, 0.29) is 18.1 Å². The number of ether oxygens (including phenoxy) is 1. The molecule has 0 aliphatic carbocycles. The number of aliphatic hydroxyl groups excluding tert-OH is 1. The second kappa shape index (κ2) is 6.92. The van der Waals surface area contributed by atoms with E-state index in [1.807, 2.05) is 12.1 Å². The van der Waals surface area contributed by atoms with E-state index in [0.29, 0.717) is 12.6 Å². The van der Waals surface area contributed by atoms with Gasteiger partial charge in [0.15, 0.2) is 0 Å². The number of hydrogen-bond donors (Lipinski definition) is 2. The van der Waals surface area contributed by atoms with E-state index in [9.17, 15) is 5.11 Å². The molecule has 1 aromatic rings. The Labute approximate surface area is 117 Å². The van der Waals surface area contributed by atoms with Crippen molar-refractivity contribution in [2.24, 2.45) is 0 Å². The van der Waals surface area contributed by atoms with Gasteiger partial charge in [-0.2, -0.15) is 0 Å². The fourth-order valence-corrected chi connectivity index (χ4v) is 1.87. The van der Waals surface area contributed by atoms with Gasteiger partial charge in [0.1, 0.15) is 12.4 Å². The minimum atomic E-state index is -0.0257. The molecule has 108 valence electrons. The summed E-state index contributed by atoms with van der Waals surface area (Å²) in [6.07, 6.45) is 0. The Morgan fingerprint density at radius 2 is 1.74 bits per heavy atom. The summed E-state index contributed by atoms with van der Waals surface area (Å²) < 4.78 is 5.71. The summed E-state index contributed by atoms with van der Waals surface area (Å²) in [5.41, 5.74) is 1.45. The molecule has 19 heavy (non-hydrogen) atoms. The zero-order valence-electron chi connectivity index (χ0n) is 12.7. The van der Waals surface area contributed by atoms with Crippen molar-refractivity contribution < 1.29 is 9.84 Å². The van der Waals surface area contributed by atoms with Crippen LogP contribution >= 0.6 is 0 Å². The maximum Gasteiger partial charge on any atom is 0.119 e. The van der Waals surface area contributed by atoms with Gasteiger partial charge in [-0.05, 0) is 23.1 Å². The van der Waals surface area contributed by atoms with Gasteiger partial charge in [-0.3, -0.25) is 0 Å². The predicted octanol–water partition coefficient (Wildman–Crippen LogP) is 2.72. The minimum absolute atomic E-state index is 0.0257. The van der Waals surface area contributed by atoms with Crippen molar-refractivity contribution in [3.63, 3.8) is 0 Å². The van der Waals surface area contributed by atoms with Crippen molar-refractivity contribution in [2.45, 2.75) is 52.1 Å². The number of rotatable bonds is 6. The van der Waals surface area contributed by atoms with Crippen LogP contribution in [0.25, 0.3) is 0 Å². The van der Waals surface area contributed by atoms with Gasteiger partial charge in [-0.1, -0.05) is 46.8 Å². The van der Waals surface area contributed by atoms with E-state index in [1.54, 1.807) is 0 Å². The Kier molecular flexibility index (Phi) is 5.83. The van der Waals surface area contributed by atoms with Crippen LogP contribution in [0.4, 0.5) is 0 Å². The zero-order chi connectivity index (χ0) is 14.5. The largest absolute Gasteiger partial charge is 0.492 e. The molecule has 0 spiro atoms. The normalized spacial score (nSPS) is 13.6. The summed E-state index contributed by atoms with van der Waals surface area (Å²) in [6.45, 7) is 11.2. The Morgan fingerprint density at radius 1 is 1.16 bits per heavy atom. The average Bonchev–Trinajstić information content (AvgIpc) is 2.33. The van der Waals surface area contributed by atoms with E-state index in [1.165, 1.54) is 5.56 Å². The standard InChI is InChI=1S/C16H27NO2/c1-12(2)17-14(10-18)11-19-15-8-6-13(7-9-15)16(3,4)5/h6-9,12,14,17-18H,10-11H2,1-5H3. The highest BCUT2D eigenvalue weighted by molar-refractivity contribution is 5.31. The fraction of sp³-hybridized carbons (Fsp3) is 0.625. The third-order valence-corrected chi connectivity index (χ3v) is 2.96. The maximum absolute atomic E-state index is 9.26. The average molecular weight is 265 g/mol. The van der Waals surface area contributed by atoms with Gasteiger partial charge in [0, 0.05) is 6.04 Å². The molecular formula is C16H27NO2. The van der Waals surface area contributed by atoms with Gasteiger partial charge in [-0.15, -0.1) is 0 Å². The van der Waals surface area contributed by atoms with Crippen molar-refractivity contribution in [1.29, 1.82) is 0 Å².